The Labute approximate surface area is 98.3 Å². The highest BCUT2D eigenvalue weighted by molar-refractivity contribution is 9.10. The van der Waals surface area contributed by atoms with E-state index >= 15 is 0 Å². The quantitative estimate of drug-likeness (QED) is 0.768. The maximum Gasteiger partial charge on any atom is 0.0523 e. The Morgan fingerprint density at radius 2 is 1.87 bits per heavy atom. The standard InChI is InChI=1S/C11H16BrNO2/c1-11(7-14,8-15)6-13-10-5-3-2-4-9(10)12/h2-5,13-15H,6-8H2,1H3. The molecule has 0 saturated heterocycles. The fraction of sp³-hybridized carbons (Fsp3) is 0.455. The smallest absolute Gasteiger partial charge is 0.0523 e. The van der Waals surface area contributed by atoms with Gasteiger partial charge in [-0.3, -0.25) is 0 Å². The zero-order valence-electron chi connectivity index (χ0n) is 8.70. The van der Waals surface area contributed by atoms with Gasteiger partial charge < -0.3 is 15.5 Å². The molecule has 0 radical (unpaired) electrons. The maximum absolute atomic E-state index is 9.12. The molecule has 0 aromatic heterocycles. The fourth-order valence-corrected chi connectivity index (χ4v) is 1.50. The summed E-state index contributed by atoms with van der Waals surface area (Å²) >= 11 is 3.42. The molecule has 0 aliphatic rings. The summed E-state index contributed by atoms with van der Waals surface area (Å²) in [6.07, 6.45) is 0. The van der Waals surface area contributed by atoms with Crippen LogP contribution >= 0.6 is 15.9 Å². The van der Waals surface area contributed by atoms with Crippen LogP contribution in [0.25, 0.3) is 0 Å². The van der Waals surface area contributed by atoms with Crippen molar-refractivity contribution in [1.82, 2.24) is 0 Å². The Hall–Kier alpha value is -0.580. The van der Waals surface area contributed by atoms with E-state index in [9.17, 15) is 0 Å². The lowest BCUT2D eigenvalue weighted by Crippen LogP contribution is -2.34. The fourth-order valence-electron chi connectivity index (χ4n) is 1.07. The van der Waals surface area contributed by atoms with E-state index in [-0.39, 0.29) is 13.2 Å². The van der Waals surface area contributed by atoms with Crippen molar-refractivity contribution in [3.8, 4) is 0 Å². The first-order valence-corrected chi connectivity index (χ1v) is 5.61. The molecule has 1 aromatic carbocycles. The summed E-state index contributed by atoms with van der Waals surface area (Å²) in [7, 11) is 0. The van der Waals surface area contributed by atoms with Crippen LogP contribution < -0.4 is 5.32 Å². The topological polar surface area (TPSA) is 52.5 Å². The van der Waals surface area contributed by atoms with Crippen molar-refractivity contribution in [1.29, 1.82) is 0 Å². The molecule has 3 N–H and O–H groups in total. The third-order valence-corrected chi connectivity index (χ3v) is 3.03. The summed E-state index contributed by atoms with van der Waals surface area (Å²) < 4.78 is 0.975. The molecule has 0 fully saturated rings. The third kappa shape index (κ3) is 3.48. The minimum Gasteiger partial charge on any atom is -0.396 e. The number of para-hydroxylation sites is 1. The molecule has 4 heteroatoms. The SMILES string of the molecule is CC(CO)(CO)CNc1ccccc1Br. The second-order valence-corrected chi connectivity index (χ2v) is 4.81. The van der Waals surface area contributed by atoms with Gasteiger partial charge in [0.1, 0.15) is 0 Å². The van der Waals surface area contributed by atoms with Crippen LogP contribution in [0.4, 0.5) is 5.69 Å². The van der Waals surface area contributed by atoms with Crippen LogP contribution in [0.3, 0.4) is 0 Å². The molecule has 0 heterocycles. The average Bonchev–Trinajstić information content (AvgIpc) is 2.28. The lowest BCUT2D eigenvalue weighted by Gasteiger charge is -2.25. The zero-order valence-corrected chi connectivity index (χ0v) is 10.3. The number of aliphatic hydroxyl groups excluding tert-OH is 2. The van der Waals surface area contributed by atoms with E-state index in [2.05, 4.69) is 21.2 Å². The van der Waals surface area contributed by atoms with Crippen molar-refractivity contribution in [3.63, 3.8) is 0 Å². The van der Waals surface area contributed by atoms with Crippen molar-refractivity contribution in [2.24, 2.45) is 5.41 Å². The van der Waals surface area contributed by atoms with Gasteiger partial charge in [-0.25, -0.2) is 0 Å². The number of hydrogen-bond acceptors (Lipinski definition) is 3. The second-order valence-electron chi connectivity index (χ2n) is 3.96. The van der Waals surface area contributed by atoms with Crippen molar-refractivity contribution in [3.05, 3.63) is 28.7 Å². The van der Waals surface area contributed by atoms with Crippen molar-refractivity contribution in [2.75, 3.05) is 25.1 Å². The van der Waals surface area contributed by atoms with Crippen molar-refractivity contribution in [2.45, 2.75) is 6.92 Å². The van der Waals surface area contributed by atoms with E-state index in [1.54, 1.807) is 0 Å². The molecular formula is C11H16BrNO2. The predicted octanol–water partition coefficient (Wildman–Crippen LogP) is 1.85. The lowest BCUT2D eigenvalue weighted by molar-refractivity contribution is 0.0806. The molecule has 0 amide bonds. The summed E-state index contributed by atoms with van der Waals surface area (Å²) in [5.41, 5.74) is 0.473. The number of aliphatic hydroxyl groups is 2. The number of hydrogen-bond donors (Lipinski definition) is 3. The average molecular weight is 274 g/mol. The van der Waals surface area contributed by atoms with Crippen molar-refractivity contribution < 1.29 is 10.2 Å². The first-order valence-electron chi connectivity index (χ1n) is 4.81. The minimum absolute atomic E-state index is 0.0407. The summed E-state index contributed by atoms with van der Waals surface area (Å²) in [6, 6.07) is 7.76. The summed E-state index contributed by atoms with van der Waals surface area (Å²) in [5.74, 6) is 0. The highest BCUT2D eigenvalue weighted by Crippen LogP contribution is 2.23. The van der Waals surface area contributed by atoms with Gasteiger partial charge in [-0.15, -0.1) is 0 Å². The Bertz CT molecular complexity index is 313. The molecule has 1 aromatic rings. The number of benzene rings is 1. The van der Waals surface area contributed by atoms with Crippen molar-refractivity contribution >= 4 is 21.6 Å². The van der Waals surface area contributed by atoms with Gasteiger partial charge in [0.15, 0.2) is 0 Å². The third-order valence-electron chi connectivity index (χ3n) is 2.34. The molecule has 0 unspecified atom stereocenters. The van der Waals surface area contributed by atoms with E-state index in [0.29, 0.717) is 6.54 Å². The Morgan fingerprint density at radius 3 is 2.40 bits per heavy atom. The largest absolute Gasteiger partial charge is 0.396 e. The summed E-state index contributed by atoms with van der Waals surface area (Å²) in [6.45, 7) is 2.28. The van der Waals surface area contributed by atoms with Crippen LogP contribution in [0, 0.1) is 5.41 Å². The van der Waals surface area contributed by atoms with Crippen LogP contribution in [0.2, 0.25) is 0 Å². The van der Waals surface area contributed by atoms with Crippen LogP contribution in [0.5, 0.6) is 0 Å². The Kier molecular flexibility index (Phi) is 4.57. The van der Waals surface area contributed by atoms with Gasteiger partial charge in [-0.2, -0.15) is 0 Å². The molecule has 0 saturated carbocycles. The number of halogens is 1. The van der Waals surface area contributed by atoms with Gasteiger partial charge >= 0.3 is 0 Å². The highest BCUT2D eigenvalue weighted by atomic mass is 79.9. The Balaban J connectivity index is 2.61. The van der Waals surface area contributed by atoms with Gasteiger partial charge in [-0.05, 0) is 28.1 Å². The molecule has 15 heavy (non-hydrogen) atoms. The van der Waals surface area contributed by atoms with E-state index in [1.807, 2.05) is 31.2 Å². The molecule has 84 valence electrons. The molecule has 0 bridgehead atoms. The first kappa shape index (κ1) is 12.5. The van der Waals surface area contributed by atoms with E-state index in [4.69, 9.17) is 10.2 Å². The normalized spacial score (nSPS) is 11.5. The first-order chi connectivity index (χ1) is 7.11. The predicted molar refractivity (Wildman–Crippen MR) is 64.9 cm³/mol. The monoisotopic (exact) mass is 273 g/mol. The summed E-state index contributed by atoms with van der Waals surface area (Å²) in [4.78, 5) is 0. The van der Waals surface area contributed by atoms with Crippen LogP contribution in [-0.4, -0.2) is 30.0 Å². The van der Waals surface area contributed by atoms with Crippen LogP contribution in [-0.2, 0) is 0 Å². The number of nitrogens with one attached hydrogen (secondary N) is 1. The van der Waals surface area contributed by atoms with E-state index < -0.39 is 5.41 Å². The van der Waals surface area contributed by atoms with Crippen LogP contribution in [0.1, 0.15) is 6.92 Å². The van der Waals surface area contributed by atoms with Gasteiger partial charge in [-0.1, -0.05) is 19.1 Å². The van der Waals surface area contributed by atoms with E-state index in [1.165, 1.54) is 0 Å². The van der Waals surface area contributed by atoms with Crippen LogP contribution in [0.15, 0.2) is 28.7 Å². The molecule has 3 nitrogen and oxygen atoms in total. The zero-order chi connectivity index (χ0) is 11.3. The molecule has 0 spiro atoms. The van der Waals surface area contributed by atoms with Gasteiger partial charge in [0, 0.05) is 22.1 Å². The molecular weight excluding hydrogens is 258 g/mol. The second kappa shape index (κ2) is 5.49. The van der Waals surface area contributed by atoms with Gasteiger partial charge in [0.2, 0.25) is 0 Å². The molecule has 0 aliphatic carbocycles. The number of anilines is 1. The number of rotatable bonds is 5. The molecule has 0 atom stereocenters. The lowest BCUT2D eigenvalue weighted by atomic mass is 9.93. The van der Waals surface area contributed by atoms with Gasteiger partial charge in [0.05, 0.1) is 13.2 Å². The van der Waals surface area contributed by atoms with Gasteiger partial charge in [0.25, 0.3) is 0 Å². The highest BCUT2D eigenvalue weighted by Gasteiger charge is 2.22. The van der Waals surface area contributed by atoms with E-state index in [0.717, 1.165) is 10.2 Å². The maximum atomic E-state index is 9.12. The molecule has 1 rings (SSSR count). The Morgan fingerprint density at radius 1 is 1.27 bits per heavy atom. The minimum atomic E-state index is -0.491. The summed E-state index contributed by atoms with van der Waals surface area (Å²) in [5, 5.41) is 21.4. The molecule has 0 aliphatic heterocycles.